The van der Waals surface area contributed by atoms with Crippen LogP contribution in [0.25, 0.3) is 0 Å². The first-order chi connectivity index (χ1) is 13.1. The van der Waals surface area contributed by atoms with Crippen molar-refractivity contribution in [3.8, 4) is 0 Å². The largest absolute Gasteiger partial charge is 0.488 e. The monoisotopic (exact) mass is 498 g/mol. The van der Waals surface area contributed by atoms with Crippen molar-refractivity contribution in [3.05, 3.63) is 63.2 Å². The SMILES string of the molecule is C[C@@H](Cc1ccc(B(O)O)cc1)C(=O)O.C[C@@H](Cc1ccc(I)cc1)C(=O)O. The first-order valence-electron chi connectivity index (χ1n) is 8.75. The molecule has 2 rings (SSSR count). The van der Waals surface area contributed by atoms with Gasteiger partial charge in [0.15, 0.2) is 0 Å². The van der Waals surface area contributed by atoms with Gasteiger partial charge in [-0.1, -0.05) is 50.2 Å². The van der Waals surface area contributed by atoms with Crippen molar-refractivity contribution in [3.63, 3.8) is 0 Å². The Kier molecular flexibility index (Phi) is 10.2. The fourth-order valence-corrected chi connectivity index (χ4v) is 2.69. The van der Waals surface area contributed by atoms with Crippen LogP contribution in [0.15, 0.2) is 48.5 Å². The molecule has 0 radical (unpaired) electrons. The molecule has 2 aromatic rings. The molecule has 6 nitrogen and oxygen atoms in total. The van der Waals surface area contributed by atoms with Crippen LogP contribution in [0.2, 0.25) is 0 Å². The molecular weight excluding hydrogens is 474 g/mol. The summed E-state index contributed by atoms with van der Waals surface area (Å²) in [4.78, 5) is 21.2. The molecule has 0 aliphatic carbocycles. The average molecular weight is 498 g/mol. The van der Waals surface area contributed by atoms with Crippen LogP contribution in [0.4, 0.5) is 0 Å². The van der Waals surface area contributed by atoms with Gasteiger partial charge in [0.25, 0.3) is 0 Å². The first-order valence-corrected chi connectivity index (χ1v) is 9.83. The van der Waals surface area contributed by atoms with Gasteiger partial charge < -0.3 is 20.3 Å². The number of rotatable bonds is 7. The second kappa shape index (κ2) is 11.8. The minimum atomic E-state index is -1.48. The van der Waals surface area contributed by atoms with Crippen LogP contribution in [0.1, 0.15) is 25.0 Å². The highest BCUT2D eigenvalue weighted by Crippen LogP contribution is 2.11. The molecule has 0 saturated heterocycles. The lowest BCUT2D eigenvalue weighted by atomic mass is 9.80. The summed E-state index contributed by atoms with van der Waals surface area (Å²) in [5.41, 5.74) is 2.35. The van der Waals surface area contributed by atoms with Crippen molar-refractivity contribution in [2.45, 2.75) is 26.7 Å². The van der Waals surface area contributed by atoms with Gasteiger partial charge in [0.05, 0.1) is 11.8 Å². The van der Waals surface area contributed by atoms with E-state index in [2.05, 4.69) is 22.6 Å². The Morgan fingerprint density at radius 3 is 1.50 bits per heavy atom. The van der Waals surface area contributed by atoms with Gasteiger partial charge in [0, 0.05) is 3.57 Å². The lowest BCUT2D eigenvalue weighted by molar-refractivity contribution is -0.142. The summed E-state index contributed by atoms with van der Waals surface area (Å²) >= 11 is 2.23. The summed E-state index contributed by atoms with van der Waals surface area (Å²) in [5, 5.41) is 35.1. The summed E-state index contributed by atoms with van der Waals surface area (Å²) in [6.45, 7) is 3.36. The number of hydrogen-bond acceptors (Lipinski definition) is 4. The Hall–Kier alpha value is -1.91. The van der Waals surface area contributed by atoms with Crippen LogP contribution in [0.3, 0.4) is 0 Å². The Morgan fingerprint density at radius 2 is 1.18 bits per heavy atom. The molecule has 0 aliphatic rings. The van der Waals surface area contributed by atoms with Crippen LogP contribution in [-0.2, 0) is 22.4 Å². The predicted molar refractivity (Wildman–Crippen MR) is 116 cm³/mol. The summed E-state index contributed by atoms with van der Waals surface area (Å²) in [7, 11) is -1.48. The molecule has 0 spiro atoms. The zero-order chi connectivity index (χ0) is 21.3. The van der Waals surface area contributed by atoms with Crippen molar-refractivity contribution < 1.29 is 29.9 Å². The van der Waals surface area contributed by atoms with E-state index in [1.165, 1.54) is 3.57 Å². The van der Waals surface area contributed by atoms with E-state index >= 15 is 0 Å². The minimum Gasteiger partial charge on any atom is -0.481 e. The molecule has 8 heteroatoms. The molecule has 0 unspecified atom stereocenters. The van der Waals surface area contributed by atoms with Crippen molar-refractivity contribution in [1.29, 1.82) is 0 Å². The van der Waals surface area contributed by atoms with Crippen molar-refractivity contribution in [2.24, 2.45) is 11.8 Å². The van der Waals surface area contributed by atoms with Gasteiger partial charge in [-0.2, -0.15) is 0 Å². The zero-order valence-corrected chi connectivity index (χ0v) is 17.9. The fraction of sp³-hybridized carbons (Fsp3) is 0.300. The molecule has 4 N–H and O–H groups in total. The quantitative estimate of drug-likeness (QED) is 0.344. The van der Waals surface area contributed by atoms with E-state index in [4.69, 9.17) is 20.3 Å². The number of carbonyl (C=O) groups is 2. The second-order valence-corrected chi connectivity index (χ2v) is 7.87. The van der Waals surface area contributed by atoms with Crippen LogP contribution < -0.4 is 5.46 Å². The maximum Gasteiger partial charge on any atom is 0.488 e. The molecule has 2 atom stereocenters. The first kappa shape index (κ1) is 24.1. The van der Waals surface area contributed by atoms with Crippen LogP contribution in [-0.4, -0.2) is 39.3 Å². The molecule has 150 valence electrons. The third-order valence-electron chi connectivity index (χ3n) is 4.12. The van der Waals surface area contributed by atoms with Gasteiger partial charge in [-0.15, -0.1) is 0 Å². The van der Waals surface area contributed by atoms with Gasteiger partial charge in [-0.25, -0.2) is 0 Å². The molecule has 0 heterocycles. The summed E-state index contributed by atoms with van der Waals surface area (Å²) in [6.07, 6.45) is 1.05. The highest BCUT2D eigenvalue weighted by molar-refractivity contribution is 14.1. The highest BCUT2D eigenvalue weighted by Gasteiger charge is 2.13. The number of benzene rings is 2. The van der Waals surface area contributed by atoms with Crippen molar-refractivity contribution in [1.82, 2.24) is 0 Å². The Morgan fingerprint density at radius 1 is 0.821 bits per heavy atom. The molecule has 0 fully saturated rings. The van der Waals surface area contributed by atoms with E-state index in [-0.39, 0.29) is 5.92 Å². The van der Waals surface area contributed by atoms with Gasteiger partial charge >= 0.3 is 19.1 Å². The normalized spacial score (nSPS) is 12.3. The molecule has 0 amide bonds. The number of carboxylic acid groups (broad SMARTS) is 2. The maximum absolute atomic E-state index is 10.6. The van der Waals surface area contributed by atoms with Crippen LogP contribution in [0.5, 0.6) is 0 Å². The lowest BCUT2D eigenvalue weighted by Gasteiger charge is -2.06. The van der Waals surface area contributed by atoms with Gasteiger partial charge in [0.2, 0.25) is 0 Å². The van der Waals surface area contributed by atoms with E-state index in [0.29, 0.717) is 18.3 Å². The van der Waals surface area contributed by atoms with Gasteiger partial charge in [0.1, 0.15) is 0 Å². The van der Waals surface area contributed by atoms with E-state index < -0.39 is 25.0 Å². The average Bonchev–Trinajstić information content (AvgIpc) is 2.64. The number of aliphatic carboxylic acids is 2. The Labute approximate surface area is 178 Å². The Bertz CT molecular complexity index is 761. The third-order valence-corrected chi connectivity index (χ3v) is 4.84. The molecule has 2 aromatic carbocycles. The van der Waals surface area contributed by atoms with Crippen LogP contribution >= 0.6 is 22.6 Å². The zero-order valence-electron chi connectivity index (χ0n) is 15.7. The highest BCUT2D eigenvalue weighted by atomic mass is 127. The summed E-state index contributed by atoms with van der Waals surface area (Å²) in [6, 6.07) is 14.5. The predicted octanol–water partition coefficient (Wildman–Crippen LogP) is 2.18. The molecule has 0 aromatic heterocycles. The van der Waals surface area contributed by atoms with E-state index in [1.54, 1.807) is 38.1 Å². The second-order valence-electron chi connectivity index (χ2n) is 6.63. The number of carboxylic acids is 2. The summed E-state index contributed by atoms with van der Waals surface area (Å²) in [5.74, 6) is -2.31. The molecule has 0 bridgehead atoms. The van der Waals surface area contributed by atoms with Gasteiger partial charge in [-0.3, -0.25) is 9.59 Å². The van der Waals surface area contributed by atoms with Crippen molar-refractivity contribution >= 4 is 47.1 Å². The van der Waals surface area contributed by atoms with E-state index in [1.807, 2.05) is 24.3 Å². The topological polar surface area (TPSA) is 115 Å². The number of hydrogen-bond donors (Lipinski definition) is 4. The third kappa shape index (κ3) is 8.86. The van der Waals surface area contributed by atoms with E-state index in [9.17, 15) is 9.59 Å². The molecule has 0 saturated carbocycles. The summed E-state index contributed by atoms with van der Waals surface area (Å²) < 4.78 is 1.17. The lowest BCUT2D eigenvalue weighted by Crippen LogP contribution is -2.29. The molecular formula is C20H24BIO6. The minimum absolute atomic E-state index is 0.305. The Balaban J connectivity index is 0.000000283. The van der Waals surface area contributed by atoms with Gasteiger partial charge in [-0.05, 0) is 64.2 Å². The smallest absolute Gasteiger partial charge is 0.481 e. The molecule has 28 heavy (non-hydrogen) atoms. The standard InChI is InChI=1S/C10H13BO4.C10H11IO2/c1-7(10(12)13)6-8-2-4-9(5-3-8)11(14)15;1-7(10(12)13)6-8-2-4-9(11)5-3-8/h2-5,7,14-15H,6H2,1H3,(H,12,13);2-5,7H,6H2,1H3,(H,12,13)/t2*7-/m00/s1. The fourth-order valence-electron chi connectivity index (χ4n) is 2.33. The van der Waals surface area contributed by atoms with E-state index in [0.717, 1.165) is 11.1 Å². The maximum atomic E-state index is 10.6. The molecule has 0 aliphatic heterocycles. The van der Waals surface area contributed by atoms with Crippen LogP contribution in [0, 0.1) is 15.4 Å². The van der Waals surface area contributed by atoms with Crippen molar-refractivity contribution in [2.75, 3.05) is 0 Å². The number of halogens is 1.